The van der Waals surface area contributed by atoms with Crippen molar-refractivity contribution in [2.45, 2.75) is 48.0 Å². The lowest BCUT2D eigenvalue weighted by Crippen LogP contribution is -2.42. The fourth-order valence-corrected chi connectivity index (χ4v) is 1.85. The fourth-order valence-electron chi connectivity index (χ4n) is 1.85. The maximum absolute atomic E-state index is 12.2. The summed E-state index contributed by atoms with van der Waals surface area (Å²) < 4.78 is 0. The number of amides is 1. The maximum Gasteiger partial charge on any atom is 0.232 e. The first-order valence-corrected chi connectivity index (χ1v) is 6.61. The minimum atomic E-state index is -0.488. The van der Waals surface area contributed by atoms with Gasteiger partial charge in [-0.25, -0.2) is 0 Å². The van der Waals surface area contributed by atoms with Gasteiger partial charge in [-0.15, -0.1) is 0 Å². The Hall–Kier alpha value is -0.860. The van der Waals surface area contributed by atoms with E-state index in [0.29, 0.717) is 18.3 Å². The van der Waals surface area contributed by atoms with Crippen LogP contribution in [-0.4, -0.2) is 29.7 Å². The van der Waals surface area contributed by atoms with Crippen LogP contribution in [0.3, 0.4) is 0 Å². The van der Waals surface area contributed by atoms with E-state index in [2.05, 4.69) is 27.7 Å². The standard InChI is InChI=1S/C14H27NO2/c1-7-13(16)12(6)14(17)15(8-10(2)3)9-11(4)5/h10-12H,7-9H2,1-6H3. The van der Waals surface area contributed by atoms with E-state index in [9.17, 15) is 9.59 Å². The summed E-state index contributed by atoms with van der Waals surface area (Å²) in [5.41, 5.74) is 0. The minimum Gasteiger partial charge on any atom is -0.342 e. The molecule has 0 spiro atoms. The number of Topliss-reactive ketones (excluding diaryl/α,β-unsaturated/α-hetero) is 1. The third-order valence-electron chi connectivity index (χ3n) is 2.68. The van der Waals surface area contributed by atoms with E-state index in [1.807, 2.05) is 4.90 Å². The number of carbonyl (C=O) groups is 2. The molecule has 1 unspecified atom stereocenters. The van der Waals surface area contributed by atoms with Crippen molar-refractivity contribution in [2.24, 2.45) is 17.8 Å². The van der Waals surface area contributed by atoms with Crippen molar-refractivity contribution in [2.75, 3.05) is 13.1 Å². The topological polar surface area (TPSA) is 37.4 Å². The van der Waals surface area contributed by atoms with E-state index in [0.717, 1.165) is 13.1 Å². The Morgan fingerprint density at radius 2 is 1.35 bits per heavy atom. The quantitative estimate of drug-likeness (QED) is 0.643. The Kier molecular flexibility index (Phi) is 7.09. The summed E-state index contributed by atoms with van der Waals surface area (Å²) in [4.78, 5) is 25.6. The Labute approximate surface area is 106 Å². The van der Waals surface area contributed by atoms with Gasteiger partial charge in [0, 0.05) is 19.5 Å². The second-order valence-electron chi connectivity index (χ2n) is 5.57. The third kappa shape index (κ3) is 5.85. The number of rotatable bonds is 7. The average Bonchev–Trinajstić information content (AvgIpc) is 2.23. The molecule has 0 radical (unpaired) electrons. The van der Waals surface area contributed by atoms with E-state index >= 15 is 0 Å². The smallest absolute Gasteiger partial charge is 0.232 e. The van der Waals surface area contributed by atoms with Crippen molar-refractivity contribution in [3.05, 3.63) is 0 Å². The van der Waals surface area contributed by atoms with Gasteiger partial charge in [0.05, 0.1) is 5.92 Å². The molecule has 0 N–H and O–H groups in total. The Bertz CT molecular complexity index is 249. The van der Waals surface area contributed by atoms with E-state index in [1.165, 1.54) is 0 Å². The van der Waals surface area contributed by atoms with Gasteiger partial charge in [-0.3, -0.25) is 9.59 Å². The zero-order valence-electron chi connectivity index (χ0n) is 12.1. The second-order valence-corrected chi connectivity index (χ2v) is 5.57. The Balaban J connectivity index is 4.67. The van der Waals surface area contributed by atoms with Crippen LogP contribution >= 0.6 is 0 Å². The maximum atomic E-state index is 12.2. The first-order valence-electron chi connectivity index (χ1n) is 6.61. The van der Waals surface area contributed by atoms with Crippen LogP contribution < -0.4 is 0 Å². The molecule has 0 aliphatic heterocycles. The van der Waals surface area contributed by atoms with Crippen LogP contribution in [0, 0.1) is 17.8 Å². The van der Waals surface area contributed by atoms with Gasteiger partial charge in [-0.2, -0.15) is 0 Å². The molecular formula is C14H27NO2. The molecule has 0 heterocycles. The summed E-state index contributed by atoms with van der Waals surface area (Å²) in [6.07, 6.45) is 0.435. The molecule has 0 aromatic carbocycles. The number of carbonyl (C=O) groups excluding carboxylic acids is 2. The van der Waals surface area contributed by atoms with Crippen molar-refractivity contribution in [1.82, 2.24) is 4.90 Å². The molecule has 3 nitrogen and oxygen atoms in total. The summed E-state index contributed by atoms with van der Waals surface area (Å²) in [6, 6.07) is 0. The first kappa shape index (κ1) is 16.1. The molecular weight excluding hydrogens is 214 g/mol. The van der Waals surface area contributed by atoms with Crippen LogP contribution in [0.15, 0.2) is 0 Å². The Morgan fingerprint density at radius 3 is 1.65 bits per heavy atom. The molecule has 3 heteroatoms. The largest absolute Gasteiger partial charge is 0.342 e. The lowest BCUT2D eigenvalue weighted by atomic mass is 10.0. The van der Waals surface area contributed by atoms with Crippen LogP contribution in [0.1, 0.15) is 48.0 Å². The van der Waals surface area contributed by atoms with E-state index in [4.69, 9.17) is 0 Å². The molecule has 0 aromatic rings. The van der Waals surface area contributed by atoms with E-state index in [1.54, 1.807) is 13.8 Å². The molecule has 0 rings (SSSR count). The fraction of sp³-hybridized carbons (Fsp3) is 0.857. The van der Waals surface area contributed by atoms with Gasteiger partial charge in [-0.1, -0.05) is 34.6 Å². The van der Waals surface area contributed by atoms with Gasteiger partial charge >= 0.3 is 0 Å². The highest BCUT2D eigenvalue weighted by Crippen LogP contribution is 2.11. The number of nitrogens with zero attached hydrogens (tertiary/aromatic N) is 1. The second kappa shape index (κ2) is 7.46. The van der Waals surface area contributed by atoms with Gasteiger partial charge in [0.15, 0.2) is 0 Å². The highest BCUT2D eigenvalue weighted by atomic mass is 16.2. The molecule has 0 fully saturated rings. The third-order valence-corrected chi connectivity index (χ3v) is 2.68. The lowest BCUT2D eigenvalue weighted by Gasteiger charge is -2.28. The van der Waals surface area contributed by atoms with Crippen LogP contribution in [0.4, 0.5) is 0 Å². The number of hydrogen-bond acceptors (Lipinski definition) is 2. The zero-order valence-corrected chi connectivity index (χ0v) is 12.1. The van der Waals surface area contributed by atoms with Crippen molar-refractivity contribution in [3.63, 3.8) is 0 Å². The van der Waals surface area contributed by atoms with Gasteiger partial charge in [0.1, 0.15) is 5.78 Å². The van der Waals surface area contributed by atoms with Crippen molar-refractivity contribution < 1.29 is 9.59 Å². The molecule has 0 aromatic heterocycles. The van der Waals surface area contributed by atoms with Gasteiger partial charge in [-0.05, 0) is 18.8 Å². The summed E-state index contributed by atoms with van der Waals surface area (Å²) in [5, 5.41) is 0. The van der Waals surface area contributed by atoms with Gasteiger partial charge < -0.3 is 4.90 Å². The van der Waals surface area contributed by atoms with Crippen molar-refractivity contribution in [1.29, 1.82) is 0 Å². The molecule has 0 saturated heterocycles. The summed E-state index contributed by atoms with van der Waals surface area (Å²) in [7, 11) is 0. The highest BCUT2D eigenvalue weighted by Gasteiger charge is 2.25. The predicted molar refractivity (Wildman–Crippen MR) is 70.7 cm³/mol. The monoisotopic (exact) mass is 241 g/mol. The molecule has 1 amide bonds. The lowest BCUT2D eigenvalue weighted by molar-refractivity contribution is -0.141. The normalized spacial score (nSPS) is 12.9. The number of hydrogen-bond donors (Lipinski definition) is 0. The molecule has 0 aliphatic carbocycles. The zero-order chi connectivity index (χ0) is 13.6. The van der Waals surface area contributed by atoms with E-state index < -0.39 is 5.92 Å². The van der Waals surface area contributed by atoms with Crippen LogP contribution in [-0.2, 0) is 9.59 Å². The molecule has 100 valence electrons. The van der Waals surface area contributed by atoms with Crippen LogP contribution in [0.25, 0.3) is 0 Å². The molecule has 0 bridgehead atoms. The number of ketones is 1. The van der Waals surface area contributed by atoms with Gasteiger partial charge in [0.2, 0.25) is 5.91 Å². The minimum absolute atomic E-state index is 0.0146. The van der Waals surface area contributed by atoms with Crippen LogP contribution in [0.2, 0.25) is 0 Å². The van der Waals surface area contributed by atoms with Crippen molar-refractivity contribution in [3.8, 4) is 0 Å². The summed E-state index contributed by atoms with van der Waals surface area (Å²) in [5.74, 6) is 0.396. The highest BCUT2D eigenvalue weighted by molar-refractivity contribution is 6.00. The van der Waals surface area contributed by atoms with Gasteiger partial charge in [0.25, 0.3) is 0 Å². The molecule has 1 atom stereocenters. The van der Waals surface area contributed by atoms with Crippen molar-refractivity contribution >= 4 is 11.7 Å². The molecule has 0 saturated carbocycles. The van der Waals surface area contributed by atoms with E-state index in [-0.39, 0.29) is 11.7 Å². The average molecular weight is 241 g/mol. The predicted octanol–water partition coefficient (Wildman–Crippen LogP) is 2.74. The van der Waals surface area contributed by atoms with Crippen LogP contribution in [0.5, 0.6) is 0 Å². The summed E-state index contributed by atoms with van der Waals surface area (Å²) >= 11 is 0. The summed E-state index contributed by atoms with van der Waals surface area (Å²) in [6.45, 7) is 13.4. The molecule has 0 aliphatic rings. The SMILES string of the molecule is CCC(=O)C(C)C(=O)N(CC(C)C)CC(C)C. The molecule has 17 heavy (non-hydrogen) atoms. The first-order chi connectivity index (χ1) is 7.79. The Morgan fingerprint density at radius 1 is 0.941 bits per heavy atom.